The Kier molecular flexibility index (Phi) is 3.51. The number of pyridine rings is 2. The Balaban J connectivity index is 2.03. The van der Waals surface area contributed by atoms with E-state index >= 15 is 0 Å². The molecule has 0 aromatic carbocycles. The Morgan fingerprint density at radius 2 is 2.06 bits per heavy atom. The summed E-state index contributed by atoms with van der Waals surface area (Å²) in [5.74, 6) is 0.887. The monoisotopic (exact) mass is 277 g/mol. The minimum Gasteiger partial charge on any atom is -0.366 e. The summed E-state index contributed by atoms with van der Waals surface area (Å²) in [6.07, 6.45) is 5.39. The number of aryl methyl sites for hydroxylation is 1. The van der Waals surface area contributed by atoms with Gasteiger partial charge in [-0.3, -0.25) is 4.98 Å². The fourth-order valence-corrected chi connectivity index (χ4v) is 1.55. The summed E-state index contributed by atoms with van der Waals surface area (Å²) in [6.45, 7) is 2.81. The first kappa shape index (κ1) is 11.1. The Hall–Kier alpha value is -1.42. The molecule has 2 aromatic rings. The van der Waals surface area contributed by atoms with Gasteiger partial charge < -0.3 is 5.32 Å². The molecule has 16 heavy (non-hydrogen) atoms. The highest BCUT2D eigenvalue weighted by atomic mass is 79.9. The zero-order chi connectivity index (χ0) is 11.4. The van der Waals surface area contributed by atoms with Gasteiger partial charge in [0.05, 0.1) is 0 Å². The Morgan fingerprint density at radius 3 is 2.75 bits per heavy atom. The molecule has 0 bridgehead atoms. The summed E-state index contributed by atoms with van der Waals surface area (Å²) >= 11 is 3.43. The number of aromatic nitrogens is 2. The van der Waals surface area contributed by atoms with Gasteiger partial charge >= 0.3 is 0 Å². The van der Waals surface area contributed by atoms with Crippen molar-refractivity contribution in [3.63, 3.8) is 0 Å². The number of hydrogen-bond donors (Lipinski definition) is 1. The van der Waals surface area contributed by atoms with Crippen LogP contribution in [-0.4, -0.2) is 9.97 Å². The lowest BCUT2D eigenvalue weighted by Gasteiger charge is -2.06. The molecule has 0 saturated heterocycles. The largest absolute Gasteiger partial charge is 0.366 e. The molecule has 0 saturated carbocycles. The Labute approximate surface area is 103 Å². The van der Waals surface area contributed by atoms with Gasteiger partial charge in [-0.25, -0.2) is 4.98 Å². The number of halogens is 1. The van der Waals surface area contributed by atoms with Gasteiger partial charge in [-0.05, 0) is 52.2 Å². The Bertz CT molecular complexity index is 471. The molecule has 0 aliphatic rings. The number of nitrogens with zero attached hydrogens (tertiary/aromatic N) is 2. The van der Waals surface area contributed by atoms with Gasteiger partial charge in [0.2, 0.25) is 0 Å². The SMILES string of the molecule is Cc1cc(NCc2ccncc2)ncc1Br. The number of rotatable bonds is 3. The van der Waals surface area contributed by atoms with Crippen molar-refractivity contribution >= 4 is 21.7 Å². The molecule has 0 unspecified atom stereocenters. The lowest BCUT2D eigenvalue weighted by Crippen LogP contribution is -2.01. The molecular formula is C12H12BrN3. The van der Waals surface area contributed by atoms with Crippen LogP contribution in [0.5, 0.6) is 0 Å². The van der Waals surface area contributed by atoms with Crippen LogP contribution in [-0.2, 0) is 6.54 Å². The average Bonchev–Trinajstić information content (AvgIpc) is 2.32. The predicted molar refractivity (Wildman–Crippen MR) is 68.2 cm³/mol. The van der Waals surface area contributed by atoms with Gasteiger partial charge in [0, 0.05) is 29.6 Å². The summed E-state index contributed by atoms with van der Waals surface area (Å²) in [5, 5.41) is 3.27. The van der Waals surface area contributed by atoms with Gasteiger partial charge in [-0.15, -0.1) is 0 Å². The van der Waals surface area contributed by atoms with E-state index in [1.54, 1.807) is 12.4 Å². The Morgan fingerprint density at radius 1 is 1.31 bits per heavy atom. The number of hydrogen-bond acceptors (Lipinski definition) is 3. The van der Waals surface area contributed by atoms with Crippen molar-refractivity contribution < 1.29 is 0 Å². The van der Waals surface area contributed by atoms with Gasteiger partial charge in [0.1, 0.15) is 5.82 Å². The van der Waals surface area contributed by atoms with Crippen LogP contribution in [0.1, 0.15) is 11.1 Å². The minimum atomic E-state index is 0.761. The van der Waals surface area contributed by atoms with E-state index in [0.717, 1.165) is 16.8 Å². The molecule has 0 aliphatic carbocycles. The van der Waals surface area contributed by atoms with Crippen molar-refractivity contribution in [1.29, 1.82) is 0 Å². The van der Waals surface area contributed by atoms with E-state index in [0.29, 0.717) is 0 Å². The van der Waals surface area contributed by atoms with Crippen LogP contribution in [0.25, 0.3) is 0 Å². The number of nitrogens with one attached hydrogen (secondary N) is 1. The van der Waals surface area contributed by atoms with Crippen molar-refractivity contribution in [2.45, 2.75) is 13.5 Å². The smallest absolute Gasteiger partial charge is 0.126 e. The van der Waals surface area contributed by atoms with E-state index in [-0.39, 0.29) is 0 Å². The van der Waals surface area contributed by atoms with Crippen LogP contribution in [0.2, 0.25) is 0 Å². The molecule has 0 fully saturated rings. The maximum absolute atomic E-state index is 4.28. The van der Waals surface area contributed by atoms with Crippen LogP contribution in [0.3, 0.4) is 0 Å². The van der Waals surface area contributed by atoms with E-state index in [2.05, 4.69) is 31.2 Å². The normalized spacial score (nSPS) is 10.1. The molecule has 1 N–H and O–H groups in total. The second-order valence-corrected chi connectivity index (χ2v) is 4.38. The van der Waals surface area contributed by atoms with Crippen LogP contribution in [0.15, 0.2) is 41.3 Å². The lowest BCUT2D eigenvalue weighted by molar-refractivity contribution is 1.09. The molecule has 4 heteroatoms. The van der Waals surface area contributed by atoms with Crippen molar-refractivity contribution in [3.8, 4) is 0 Å². The van der Waals surface area contributed by atoms with E-state index in [4.69, 9.17) is 0 Å². The second-order valence-electron chi connectivity index (χ2n) is 3.53. The standard InChI is InChI=1S/C12H12BrN3/c1-9-6-12(16-8-11(9)13)15-7-10-2-4-14-5-3-10/h2-6,8H,7H2,1H3,(H,15,16). The van der Waals surface area contributed by atoms with Crippen LogP contribution < -0.4 is 5.32 Å². The van der Waals surface area contributed by atoms with Crippen molar-refractivity contribution in [3.05, 3.63) is 52.4 Å². The molecule has 82 valence electrons. The minimum absolute atomic E-state index is 0.761. The summed E-state index contributed by atoms with van der Waals surface area (Å²) in [7, 11) is 0. The van der Waals surface area contributed by atoms with E-state index < -0.39 is 0 Å². The molecular weight excluding hydrogens is 266 g/mol. The molecule has 3 nitrogen and oxygen atoms in total. The topological polar surface area (TPSA) is 37.8 Å². The fourth-order valence-electron chi connectivity index (χ4n) is 1.33. The van der Waals surface area contributed by atoms with Crippen LogP contribution in [0, 0.1) is 6.92 Å². The van der Waals surface area contributed by atoms with Gasteiger partial charge in [-0.2, -0.15) is 0 Å². The maximum Gasteiger partial charge on any atom is 0.126 e. The summed E-state index contributed by atoms with van der Waals surface area (Å²) < 4.78 is 1.03. The van der Waals surface area contributed by atoms with Crippen molar-refractivity contribution in [2.24, 2.45) is 0 Å². The van der Waals surface area contributed by atoms with Gasteiger partial charge in [0.15, 0.2) is 0 Å². The molecule has 2 aromatic heterocycles. The first-order valence-corrected chi connectivity index (χ1v) is 5.80. The quantitative estimate of drug-likeness (QED) is 0.937. The van der Waals surface area contributed by atoms with Crippen molar-refractivity contribution in [1.82, 2.24) is 9.97 Å². The molecule has 2 heterocycles. The first-order valence-electron chi connectivity index (χ1n) is 5.00. The third kappa shape index (κ3) is 2.79. The molecule has 0 amide bonds. The van der Waals surface area contributed by atoms with E-state index in [9.17, 15) is 0 Å². The van der Waals surface area contributed by atoms with Gasteiger partial charge in [-0.1, -0.05) is 0 Å². The summed E-state index contributed by atoms with van der Waals surface area (Å²) in [6, 6.07) is 5.99. The molecule has 0 radical (unpaired) electrons. The van der Waals surface area contributed by atoms with Crippen LogP contribution >= 0.6 is 15.9 Å². The predicted octanol–water partition coefficient (Wildman–Crippen LogP) is 3.16. The zero-order valence-electron chi connectivity index (χ0n) is 8.94. The highest BCUT2D eigenvalue weighted by Crippen LogP contribution is 2.17. The highest BCUT2D eigenvalue weighted by molar-refractivity contribution is 9.10. The molecule has 2 rings (SSSR count). The molecule has 0 atom stereocenters. The van der Waals surface area contributed by atoms with Gasteiger partial charge in [0.25, 0.3) is 0 Å². The number of anilines is 1. The summed E-state index contributed by atoms with van der Waals surface area (Å²) in [4.78, 5) is 8.26. The third-order valence-electron chi connectivity index (χ3n) is 2.27. The van der Waals surface area contributed by atoms with E-state index in [1.807, 2.05) is 31.3 Å². The van der Waals surface area contributed by atoms with Crippen LogP contribution in [0.4, 0.5) is 5.82 Å². The first-order chi connectivity index (χ1) is 7.75. The lowest BCUT2D eigenvalue weighted by atomic mass is 10.2. The maximum atomic E-state index is 4.28. The third-order valence-corrected chi connectivity index (χ3v) is 3.10. The zero-order valence-corrected chi connectivity index (χ0v) is 10.5. The van der Waals surface area contributed by atoms with Crippen molar-refractivity contribution in [2.75, 3.05) is 5.32 Å². The molecule has 0 spiro atoms. The highest BCUT2D eigenvalue weighted by Gasteiger charge is 1.98. The fraction of sp³-hybridized carbons (Fsp3) is 0.167. The second kappa shape index (κ2) is 5.07. The summed E-state index contributed by atoms with van der Waals surface area (Å²) in [5.41, 5.74) is 2.37. The molecule has 0 aliphatic heterocycles. The van der Waals surface area contributed by atoms with E-state index in [1.165, 1.54) is 11.1 Å². The average molecular weight is 278 g/mol.